The van der Waals surface area contributed by atoms with Gasteiger partial charge in [0.2, 0.25) is 5.91 Å². The van der Waals surface area contributed by atoms with Crippen molar-refractivity contribution in [1.29, 1.82) is 0 Å². The van der Waals surface area contributed by atoms with E-state index in [1.807, 2.05) is 23.1 Å². The van der Waals surface area contributed by atoms with Crippen molar-refractivity contribution < 1.29 is 9.59 Å². The number of carbonyl (C=O) groups is 2. The van der Waals surface area contributed by atoms with Gasteiger partial charge in [-0.05, 0) is 55.9 Å². The molecule has 1 aromatic carbocycles. The van der Waals surface area contributed by atoms with E-state index in [4.69, 9.17) is 0 Å². The molecule has 1 unspecified atom stereocenters. The lowest BCUT2D eigenvalue weighted by Crippen LogP contribution is -2.32. The number of nitrogens with zero attached hydrogens (tertiary/aromatic N) is 4. The topological polar surface area (TPSA) is 80.1 Å². The first-order valence-electron chi connectivity index (χ1n) is 10.4. The highest BCUT2D eigenvalue weighted by atomic mass is 16.2. The third-order valence-corrected chi connectivity index (χ3v) is 6.20. The SMILES string of the molecule is O=C1CCc2cc(C(=O)N3CCCC3c3nnc4n3CCCCC4)ccc2N1. The maximum absolute atomic E-state index is 13.3. The van der Waals surface area contributed by atoms with Gasteiger partial charge in [-0.25, -0.2) is 0 Å². The first-order chi connectivity index (χ1) is 13.7. The van der Waals surface area contributed by atoms with Crippen LogP contribution in [0.4, 0.5) is 5.69 Å². The van der Waals surface area contributed by atoms with Gasteiger partial charge in [0.25, 0.3) is 5.91 Å². The van der Waals surface area contributed by atoms with E-state index in [1.165, 1.54) is 6.42 Å². The fraction of sp³-hybridized carbons (Fsp3) is 0.524. The molecular formula is C21H25N5O2. The van der Waals surface area contributed by atoms with Gasteiger partial charge >= 0.3 is 0 Å². The predicted molar refractivity (Wildman–Crippen MR) is 104 cm³/mol. The highest BCUT2D eigenvalue weighted by Crippen LogP contribution is 2.34. The van der Waals surface area contributed by atoms with Crippen LogP contribution in [0.15, 0.2) is 18.2 Å². The van der Waals surface area contributed by atoms with Crippen molar-refractivity contribution >= 4 is 17.5 Å². The Hall–Kier alpha value is -2.70. The second-order valence-corrected chi connectivity index (χ2v) is 8.01. The predicted octanol–water partition coefficient (Wildman–Crippen LogP) is 2.87. The van der Waals surface area contributed by atoms with Crippen molar-refractivity contribution in [1.82, 2.24) is 19.7 Å². The molecule has 0 aliphatic carbocycles. The number of anilines is 1. The number of aryl methyl sites for hydroxylation is 2. The minimum Gasteiger partial charge on any atom is -0.328 e. The van der Waals surface area contributed by atoms with E-state index < -0.39 is 0 Å². The third kappa shape index (κ3) is 2.99. The average Bonchev–Trinajstić information content (AvgIpc) is 3.27. The van der Waals surface area contributed by atoms with Crippen LogP contribution in [0.25, 0.3) is 0 Å². The van der Waals surface area contributed by atoms with Gasteiger partial charge in [0.15, 0.2) is 5.82 Å². The van der Waals surface area contributed by atoms with Crippen molar-refractivity contribution in [3.05, 3.63) is 41.0 Å². The van der Waals surface area contributed by atoms with E-state index in [0.29, 0.717) is 18.4 Å². The molecule has 0 spiro atoms. The van der Waals surface area contributed by atoms with Crippen molar-refractivity contribution in [2.24, 2.45) is 0 Å². The summed E-state index contributed by atoms with van der Waals surface area (Å²) in [7, 11) is 0. The van der Waals surface area contributed by atoms with E-state index in [1.54, 1.807) is 0 Å². The van der Waals surface area contributed by atoms with Gasteiger partial charge in [0.1, 0.15) is 5.82 Å². The van der Waals surface area contributed by atoms with Crippen LogP contribution in [0.3, 0.4) is 0 Å². The highest BCUT2D eigenvalue weighted by molar-refractivity contribution is 5.98. The number of aromatic nitrogens is 3. The highest BCUT2D eigenvalue weighted by Gasteiger charge is 2.35. The molecule has 2 aromatic rings. The number of likely N-dealkylation sites (tertiary alicyclic amines) is 1. The fourth-order valence-corrected chi connectivity index (χ4v) is 4.71. The number of amides is 2. The Morgan fingerprint density at radius 2 is 1.96 bits per heavy atom. The number of carbonyl (C=O) groups excluding carboxylic acids is 2. The Balaban J connectivity index is 1.42. The summed E-state index contributed by atoms with van der Waals surface area (Å²) in [5, 5.41) is 11.8. The minimum atomic E-state index is 0.00239. The van der Waals surface area contributed by atoms with Gasteiger partial charge < -0.3 is 14.8 Å². The summed E-state index contributed by atoms with van der Waals surface area (Å²) < 4.78 is 2.26. The van der Waals surface area contributed by atoms with Gasteiger partial charge in [0.05, 0.1) is 6.04 Å². The zero-order valence-electron chi connectivity index (χ0n) is 16.0. The number of benzene rings is 1. The summed E-state index contributed by atoms with van der Waals surface area (Å²) in [6, 6.07) is 5.62. The lowest BCUT2D eigenvalue weighted by molar-refractivity contribution is -0.116. The molecule has 0 radical (unpaired) electrons. The maximum atomic E-state index is 13.3. The lowest BCUT2D eigenvalue weighted by atomic mass is 10.00. The van der Waals surface area contributed by atoms with E-state index in [0.717, 1.165) is 68.1 Å². The van der Waals surface area contributed by atoms with Gasteiger partial charge in [0, 0.05) is 37.2 Å². The van der Waals surface area contributed by atoms with Gasteiger partial charge in [-0.2, -0.15) is 0 Å². The first kappa shape index (κ1) is 17.4. The maximum Gasteiger partial charge on any atom is 0.254 e. The monoisotopic (exact) mass is 379 g/mol. The summed E-state index contributed by atoms with van der Waals surface area (Å²) in [5.74, 6) is 2.11. The zero-order chi connectivity index (χ0) is 19.1. The molecule has 3 aliphatic rings. The lowest BCUT2D eigenvalue weighted by Gasteiger charge is -2.25. The number of hydrogen-bond donors (Lipinski definition) is 1. The molecule has 0 saturated carbocycles. The molecule has 3 aliphatic heterocycles. The second-order valence-electron chi connectivity index (χ2n) is 8.01. The third-order valence-electron chi connectivity index (χ3n) is 6.20. The molecule has 1 saturated heterocycles. The van der Waals surface area contributed by atoms with Crippen molar-refractivity contribution in [2.75, 3.05) is 11.9 Å². The van der Waals surface area contributed by atoms with Gasteiger partial charge in [-0.1, -0.05) is 6.42 Å². The quantitative estimate of drug-likeness (QED) is 0.870. The molecule has 7 nitrogen and oxygen atoms in total. The first-order valence-corrected chi connectivity index (χ1v) is 10.4. The molecule has 2 amide bonds. The van der Waals surface area contributed by atoms with Crippen LogP contribution in [-0.2, 0) is 24.2 Å². The second kappa shape index (κ2) is 7.04. The average molecular weight is 379 g/mol. The summed E-state index contributed by atoms with van der Waals surface area (Å²) in [5.41, 5.74) is 2.56. The van der Waals surface area contributed by atoms with E-state index in [-0.39, 0.29) is 17.9 Å². The molecule has 28 heavy (non-hydrogen) atoms. The Morgan fingerprint density at radius 1 is 1.04 bits per heavy atom. The molecule has 7 heteroatoms. The standard InChI is InChI=1S/C21H25N5O2/c27-19-10-8-14-13-15(7-9-16(14)22-19)21(28)25-12-4-5-17(25)20-24-23-18-6-2-1-3-11-26(18)20/h7,9,13,17H,1-6,8,10-12H2,(H,22,27). The summed E-state index contributed by atoms with van der Waals surface area (Å²) in [4.78, 5) is 26.9. The van der Waals surface area contributed by atoms with Crippen LogP contribution in [0.5, 0.6) is 0 Å². The normalized spacial score (nSPS) is 21.6. The Labute approximate surface area is 164 Å². The number of hydrogen-bond acceptors (Lipinski definition) is 4. The molecule has 1 aromatic heterocycles. The number of nitrogens with one attached hydrogen (secondary N) is 1. The smallest absolute Gasteiger partial charge is 0.254 e. The van der Waals surface area contributed by atoms with Crippen LogP contribution in [-0.4, -0.2) is 38.0 Å². The van der Waals surface area contributed by atoms with E-state index >= 15 is 0 Å². The van der Waals surface area contributed by atoms with Gasteiger partial charge in [-0.15, -0.1) is 10.2 Å². The largest absolute Gasteiger partial charge is 0.328 e. The molecule has 1 atom stereocenters. The Kier molecular flexibility index (Phi) is 4.37. The number of rotatable bonds is 2. The molecule has 146 valence electrons. The Morgan fingerprint density at radius 3 is 2.89 bits per heavy atom. The van der Waals surface area contributed by atoms with Gasteiger partial charge in [-0.3, -0.25) is 9.59 Å². The van der Waals surface area contributed by atoms with Crippen LogP contribution in [0.1, 0.15) is 72.1 Å². The summed E-state index contributed by atoms with van der Waals surface area (Å²) >= 11 is 0. The molecule has 1 fully saturated rings. The summed E-state index contributed by atoms with van der Waals surface area (Å²) in [6.07, 6.45) is 7.59. The number of fused-ring (bicyclic) bond motifs is 2. The van der Waals surface area contributed by atoms with Crippen molar-refractivity contribution in [3.63, 3.8) is 0 Å². The minimum absolute atomic E-state index is 0.00239. The van der Waals surface area contributed by atoms with Crippen LogP contribution >= 0.6 is 0 Å². The van der Waals surface area contributed by atoms with Crippen LogP contribution in [0, 0.1) is 0 Å². The van der Waals surface area contributed by atoms with Crippen LogP contribution in [0.2, 0.25) is 0 Å². The van der Waals surface area contributed by atoms with E-state index in [9.17, 15) is 9.59 Å². The molecular weight excluding hydrogens is 354 g/mol. The van der Waals surface area contributed by atoms with Crippen molar-refractivity contribution in [2.45, 2.75) is 64.0 Å². The molecule has 5 rings (SSSR count). The Bertz CT molecular complexity index is 935. The summed E-state index contributed by atoms with van der Waals surface area (Å²) in [6.45, 7) is 1.70. The van der Waals surface area contributed by atoms with Crippen molar-refractivity contribution in [3.8, 4) is 0 Å². The fourth-order valence-electron chi connectivity index (χ4n) is 4.71. The molecule has 1 N–H and O–H groups in total. The van der Waals surface area contributed by atoms with Crippen LogP contribution < -0.4 is 5.32 Å². The molecule has 4 heterocycles. The van der Waals surface area contributed by atoms with E-state index in [2.05, 4.69) is 20.1 Å². The molecule has 0 bridgehead atoms. The zero-order valence-corrected chi connectivity index (χ0v) is 16.0.